The van der Waals surface area contributed by atoms with Crippen molar-refractivity contribution in [1.29, 1.82) is 0 Å². The smallest absolute Gasteiger partial charge is 0.338 e. The average Bonchev–Trinajstić information content (AvgIpc) is 2.59. The van der Waals surface area contributed by atoms with Crippen molar-refractivity contribution in [3.63, 3.8) is 0 Å². The van der Waals surface area contributed by atoms with Gasteiger partial charge in [0.05, 0.1) is 20.9 Å². The van der Waals surface area contributed by atoms with Crippen LogP contribution in [0.15, 0.2) is 47.4 Å². The molecule has 0 aliphatic rings. The Hall–Kier alpha value is -2.74. The highest BCUT2D eigenvalue weighted by Gasteiger charge is 2.19. The normalized spacial score (nSPS) is 10.2. The summed E-state index contributed by atoms with van der Waals surface area (Å²) in [6.07, 6.45) is 1.67. The number of Topliss-reactive ketones (excluding diaryl/α,β-unsaturated/α-hetero) is 1. The van der Waals surface area contributed by atoms with E-state index in [-0.39, 0.29) is 16.8 Å². The maximum absolute atomic E-state index is 13.5. The molecule has 6 nitrogen and oxygen atoms in total. The largest absolute Gasteiger partial charge is 0.454 e. The standard InChI is InChI=1S/C16H12FNO5S/c1-24-15-7-6-10(8-13(15)18(21)22)16(20)23-9-14(19)11-4-2-3-5-12(11)17/h2-8H,9H2,1H3. The van der Waals surface area contributed by atoms with Crippen LogP contribution in [0.25, 0.3) is 0 Å². The van der Waals surface area contributed by atoms with Crippen LogP contribution in [0.5, 0.6) is 0 Å². The summed E-state index contributed by atoms with van der Waals surface area (Å²) in [5.74, 6) is -2.30. The molecule has 124 valence electrons. The molecule has 0 unspecified atom stereocenters. The van der Waals surface area contributed by atoms with Crippen molar-refractivity contribution in [2.45, 2.75) is 4.90 Å². The highest BCUT2D eigenvalue weighted by atomic mass is 32.2. The summed E-state index contributed by atoms with van der Waals surface area (Å²) < 4.78 is 18.3. The summed E-state index contributed by atoms with van der Waals surface area (Å²) in [6.45, 7) is -0.655. The van der Waals surface area contributed by atoms with Crippen molar-refractivity contribution in [1.82, 2.24) is 0 Å². The topological polar surface area (TPSA) is 86.5 Å². The lowest BCUT2D eigenvalue weighted by Crippen LogP contribution is -2.15. The third-order valence-corrected chi connectivity index (χ3v) is 3.90. The Bertz CT molecular complexity index is 809. The number of thioether (sulfide) groups is 1. The summed E-state index contributed by atoms with van der Waals surface area (Å²) in [5, 5.41) is 11.0. The van der Waals surface area contributed by atoms with Gasteiger partial charge in [0.25, 0.3) is 5.69 Å². The molecular formula is C16H12FNO5S. The first-order chi connectivity index (χ1) is 11.4. The Morgan fingerprint density at radius 3 is 2.58 bits per heavy atom. The Kier molecular flexibility index (Phi) is 5.64. The number of ketones is 1. The van der Waals surface area contributed by atoms with Crippen LogP contribution in [-0.4, -0.2) is 29.5 Å². The number of carbonyl (C=O) groups excluding carboxylic acids is 2. The van der Waals surface area contributed by atoms with Crippen LogP contribution < -0.4 is 0 Å². The lowest BCUT2D eigenvalue weighted by Gasteiger charge is -2.06. The molecule has 8 heteroatoms. The maximum Gasteiger partial charge on any atom is 0.338 e. The number of halogens is 1. The van der Waals surface area contributed by atoms with E-state index in [0.717, 1.165) is 12.1 Å². The molecule has 0 amide bonds. The quantitative estimate of drug-likeness (QED) is 0.261. The molecule has 0 N–H and O–H groups in total. The van der Waals surface area contributed by atoms with Gasteiger partial charge in [-0.25, -0.2) is 9.18 Å². The van der Waals surface area contributed by atoms with Crippen LogP contribution in [-0.2, 0) is 4.74 Å². The van der Waals surface area contributed by atoms with Gasteiger partial charge in [-0.15, -0.1) is 11.8 Å². The van der Waals surface area contributed by atoms with Crippen molar-refractivity contribution in [2.75, 3.05) is 12.9 Å². The van der Waals surface area contributed by atoms with Gasteiger partial charge in [0.2, 0.25) is 5.78 Å². The number of ether oxygens (including phenoxy) is 1. The monoisotopic (exact) mass is 349 g/mol. The highest BCUT2D eigenvalue weighted by Crippen LogP contribution is 2.28. The number of carbonyl (C=O) groups is 2. The van der Waals surface area contributed by atoms with Crippen molar-refractivity contribution in [3.8, 4) is 0 Å². The predicted octanol–water partition coefficient (Wildman–Crippen LogP) is 3.50. The van der Waals surface area contributed by atoms with Crippen LogP contribution in [0, 0.1) is 15.9 Å². The van der Waals surface area contributed by atoms with Gasteiger partial charge in [0.1, 0.15) is 5.82 Å². The molecule has 0 spiro atoms. The van der Waals surface area contributed by atoms with E-state index < -0.39 is 29.1 Å². The van der Waals surface area contributed by atoms with E-state index in [2.05, 4.69) is 0 Å². The van der Waals surface area contributed by atoms with E-state index in [1.54, 1.807) is 6.26 Å². The molecule has 0 atom stereocenters. The zero-order chi connectivity index (χ0) is 17.7. The van der Waals surface area contributed by atoms with Crippen LogP contribution >= 0.6 is 11.8 Å². The van der Waals surface area contributed by atoms with Gasteiger partial charge in [-0.2, -0.15) is 0 Å². The zero-order valence-corrected chi connectivity index (χ0v) is 13.3. The lowest BCUT2D eigenvalue weighted by atomic mass is 10.1. The van der Waals surface area contributed by atoms with E-state index in [0.29, 0.717) is 4.90 Å². The number of hydrogen-bond acceptors (Lipinski definition) is 6. The summed E-state index contributed by atoms with van der Waals surface area (Å²) >= 11 is 1.17. The first kappa shape index (κ1) is 17.6. The first-order valence-electron chi connectivity index (χ1n) is 6.71. The summed E-state index contributed by atoms with van der Waals surface area (Å²) in [7, 11) is 0. The van der Waals surface area contributed by atoms with Crippen LogP contribution in [0.1, 0.15) is 20.7 Å². The van der Waals surface area contributed by atoms with Gasteiger partial charge in [0, 0.05) is 6.07 Å². The van der Waals surface area contributed by atoms with E-state index in [4.69, 9.17) is 4.74 Å². The molecule has 2 aromatic rings. The fraction of sp³-hybridized carbons (Fsp3) is 0.125. The minimum Gasteiger partial charge on any atom is -0.454 e. The average molecular weight is 349 g/mol. The molecule has 0 aliphatic carbocycles. The van der Waals surface area contributed by atoms with Gasteiger partial charge in [-0.05, 0) is 30.5 Å². The minimum absolute atomic E-state index is 0.0548. The van der Waals surface area contributed by atoms with E-state index >= 15 is 0 Å². The van der Waals surface area contributed by atoms with Crippen molar-refractivity contribution in [2.24, 2.45) is 0 Å². The summed E-state index contributed by atoms with van der Waals surface area (Å²) in [5.41, 5.74) is -0.466. The molecule has 0 aromatic heterocycles. The van der Waals surface area contributed by atoms with Crippen molar-refractivity contribution >= 4 is 29.2 Å². The third kappa shape index (κ3) is 3.96. The van der Waals surface area contributed by atoms with E-state index in [1.165, 1.54) is 42.1 Å². The molecule has 0 aliphatic heterocycles. The minimum atomic E-state index is -0.893. The number of benzene rings is 2. The van der Waals surface area contributed by atoms with Gasteiger partial charge in [0.15, 0.2) is 6.61 Å². The molecule has 0 heterocycles. The predicted molar refractivity (Wildman–Crippen MR) is 85.9 cm³/mol. The first-order valence-corrected chi connectivity index (χ1v) is 7.93. The van der Waals surface area contributed by atoms with Crippen LogP contribution in [0.3, 0.4) is 0 Å². The Morgan fingerprint density at radius 2 is 1.96 bits per heavy atom. The van der Waals surface area contributed by atoms with Crippen LogP contribution in [0.4, 0.5) is 10.1 Å². The fourth-order valence-corrected chi connectivity index (χ4v) is 2.49. The molecule has 2 rings (SSSR count). The van der Waals surface area contributed by atoms with E-state index in [1.807, 2.05) is 0 Å². The van der Waals surface area contributed by atoms with Gasteiger partial charge < -0.3 is 4.74 Å². The van der Waals surface area contributed by atoms with Crippen molar-refractivity contribution < 1.29 is 23.6 Å². The molecule has 0 bridgehead atoms. The molecule has 0 saturated heterocycles. The van der Waals surface area contributed by atoms with Gasteiger partial charge in [-0.3, -0.25) is 14.9 Å². The fourth-order valence-electron chi connectivity index (χ4n) is 1.94. The molecule has 0 radical (unpaired) electrons. The highest BCUT2D eigenvalue weighted by molar-refractivity contribution is 7.98. The van der Waals surface area contributed by atoms with Crippen molar-refractivity contribution in [3.05, 3.63) is 69.5 Å². The number of rotatable bonds is 6. The SMILES string of the molecule is CSc1ccc(C(=O)OCC(=O)c2ccccc2F)cc1[N+](=O)[O-]. The van der Waals surface area contributed by atoms with Gasteiger partial charge in [-0.1, -0.05) is 12.1 Å². The lowest BCUT2D eigenvalue weighted by molar-refractivity contribution is -0.387. The van der Waals surface area contributed by atoms with Gasteiger partial charge >= 0.3 is 5.97 Å². The molecule has 2 aromatic carbocycles. The number of hydrogen-bond donors (Lipinski definition) is 0. The van der Waals surface area contributed by atoms with E-state index in [9.17, 15) is 24.1 Å². The second-order valence-corrected chi connectivity index (χ2v) is 5.47. The summed E-state index contributed by atoms with van der Waals surface area (Å²) in [4.78, 5) is 34.6. The maximum atomic E-state index is 13.5. The molecule has 0 saturated carbocycles. The van der Waals surface area contributed by atoms with Crippen LogP contribution in [0.2, 0.25) is 0 Å². The number of nitro benzene ring substituents is 1. The summed E-state index contributed by atoms with van der Waals surface area (Å²) in [6, 6.07) is 9.21. The number of esters is 1. The zero-order valence-electron chi connectivity index (χ0n) is 12.5. The number of nitro groups is 1. The number of nitrogens with zero attached hydrogens (tertiary/aromatic N) is 1. The Morgan fingerprint density at radius 1 is 1.25 bits per heavy atom. The molecular weight excluding hydrogens is 337 g/mol. The third-order valence-electron chi connectivity index (χ3n) is 3.12. The Balaban J connectivity index is 2.10. The second-order valence-electron chi connectivity index (χ2n) is 4.62. The second kappa shape index (κ2) is 7.69. The Labute approximate surface area is 140 Å². The molecule has 0 fully saturated rings. The molecule has 24 heavy (non-hydrogen) atoms.